The summed E-state index contributed by atoms with van der Waals surface area (Å²) < 4.78 is 17.8. The van der Waals surface area contributed by atoms with Crippen molar-refractivity contribution in [3.8, 4) is 11.1 Å². The molecule has 1 aliphatic heterocycles. The van der Waals surface area contributed by atoms with Gasteiger partial charge in [-0.2, -0.15) is 0 Å². The molecule has 1 saturated carbocycles. The summed E-state index contributed by atoms with van der Waals surface area (Å²) in [6.07, 6.45) is 2.29. The van der Waals surface area contributed by atoms with Crippen LogP contribution in [-0.2, 0) is 38.8 Å². The summed E-state index contributed by atoms with van der Waals surface area (Å²) in [7, 11) is 4.85. The van der Waals surface area contributed by atoms with Crippen molar-refractivity contribution >= 4 is 29.7 Å². The molecular formula is C53H73N5O8. The number of rotatable bonds is 21. The van der Waals surface area contributed by atoms with Gasteiger partial charge in [0.1, 0.15) is 18.2 Å². The summed E-state index contributed by atoms with van der Waals surface area (Å²) in [6, 6.07) is 24.7. The molecule has 1 heterocycles. The van der Waals surface area contributed by atoms with Crippen molar-refractivity contribution in [1.82, 2.24) is 25.8 Å². The Balaban J connectivity index is 1.07. The fourth-order valence-electron chi connectivity index (χ4n) is 10.2. The molecule has 3 aliphatic rings. The number of methoxy groups -OCH3 is 2. The van der Waals surface area contributed by atoms with Gasteiger partial charge in [0.25, 0.3) is 0 Å². The smallest absolute Gasteiger partial charge is 0.408 e. The molecule has 0 aromatic heterocycles. The molecule has 0 bridgehead atoms. The van der Waals surface area contributed by atoms with E-state index in [2.05, 4.69) is 40.2 Å². The molecular weight excluding hydrogens is 835 g/mol. The van der Waals surface area contributed by atoms with Crippen molar-refractivity contribution in [2.45, 2.75) is 134 Å². The molecule has 13 nitrogen and oxygen atoms in total. The Morgan fingerprint density at radius 1 is 0.864 bits per heavy atom. The van der Waals surface area contributed by atoms with Crippen LogP contribution in [0.3, 0.4) is 0 Å². The van der Waals surface area contributed by atoms with E-state index in [1.165, 1.54) is 5.56 Å². The lowest BCUT2D eigenvalue weighted by molar-refractivity contribution is -0.148. The average molecular weight is 908 g/mol. The summed E-state index contributed by atoms with van der Waals surface area (Å²) in [4.78, 5) is 73.2. The van der Waals surface area contributed by atoms with Gasteiger partial charge in [0.15, 0.2) is 0 Å². The number of hydrogen-bond acceptors (Lipinski definition) is 8. The SMILES string of the molecule is CC[C@H](C)[C@@H]([C@@H](CC(=O)N1CCC[C@H]1[C@H](OC)[C@@H](C)C(=O)NCC1(c2ccccc2)CC1)OC)N(C)C(=O)[C@@H](NC(=O)C(C)(C)NC(=O)OCC1c2ccccc2-c2ccccc21)C(C)C. The summed E-state index contributed by atoms with van der Waals surface area (Å²) in [5.41, 5.74) is 4.14. The summed E-state index contributed by atoms with van der Waals surface area (Å²) in [5, 5.41) is 8.85. The molecule has 0 radical (unpaired) electrons. The number of amides is 5. The van der Waals surface area contributed by atoms with E-state index in [4.69, 9.17) is 14.2 Å². The lowest BCUT2D eigenvalue weighted by atomic mass is 9.89. The van der Waals surface area contributed by atoms with Gasteiger partial charge in [-0.25, -0.2) is 4.79 Å². The number of likely N-dealkylation sites (N-methyl/N-ethyl adjacent to an activating group) is 1. The molecule has 3 N–H and O–H groups in total. The normalized spacial score (nSPS) is 19.1. The Hall–Kier alpha value is -5.27. The zero-order valence-corrected chi connectivity index (χ0v) is 40.7. The van der Waals surface area contributed by atoms with E-state index in [1.807, 2.05) is 94.1 Å². The summed E-state index contributed by atoms with van der Waals surface area (Å²) in [5.74, 6) is -2.17. The number of nitrogens with one attached hydrogen (secondary N) is 3. The number of carbonyl (C=O) groups is 5. The molecule has 3 aromatic rings. The number of fused-ring (bicyclic) bond motifs is 3. The zero-order chi connectivity index (χ0) is 47.9. The van der Waals surface area contributed by atoms with Gasteiger partial charge < -0.3 is 40.0 Å². The van der Waals surface area contributed by atoms with Crippen molar-refractivity contribution < 1.29 is 38.2 Å². The van der Waals surface area contributed by atoms with E-state index in [0.717, 1.165) is 41.5 Å². The highest BCUT2D eigenvalue weighted by molar-refractivity contribution is 5.94. The van der Waals surface area contributed by atoms with Crippen LogP contribution in [0, 0.1) is 17.8 Å². The maximum atomic E-state index is 14.6. The van der Waals surface area contributed by atoms with Gasteiger partial charge in [0, 0.05) is 45.7 Å². The van der Waals surface area contributed by atoms with Crippen LogP contribution in [0.25, 0.3) is 11.1 Å². The maximum Gasteiger partial charge on any atom is 0.408 e. The second kappa shape index (κ2) is 21.6. The maximum absolute atomic E-state index is 14.6. The largest absolute Gasteiger partial charge is 0.449 e. The van der Waals surface area contributed by atoms with Gasteiger partial charge in [0.05, 0.1) is 36.6 Å². The van der Waals surface area contributed by atoms with Crippen molar-refractivity contribution in [2.75, 3.05) is 41.0 Å². The number of carbonyl (C=O) groups excluding carboxylic acids is 5. The molecule has 13 heteroatoms. The molecule has 5 amide bonds. The minimum atomic E-state index is -1.43. The van der Waals surface area contributed by atoms with Crippen LogP contribution in [0.5, 0.6) is 0 Å². The molecule has 3 aromatic carbocycles. The van der Waals surface area contributed by atoms with Crippen LogP contribution in [0.2, 0.25) is 0 Å². The predicted octanol–water partition coefficient (Wildman–Crippen LogP) is 7.21. The van der Waals surface area contributed by atoms with Gasteiger partial charge in [-0.3, -0.25) is 19.2 Å². The predicted molar refractivity (Wildman–Crippen MR) is 256 cm³/mol. The standard InChI is InChI=1S/C53H73N5O8/c1-11-34(4)46(43(64-9)30-44(59)58-29-19-26-42(58)47(65-10)35(5)48(60)54-32-53(27-28-53)36-20-13-12-14-21-36)57(8)49(61)45(33(2)3)55-50(62)52(6,7)56-51(63)66-31-41-39-24-17-15-22-37(39)38-23-16-18-25-40(38)41/h12-18,20-25,33-35,41-43,45-47H,11,19,26-32H2,1-10H3,(H,54,60)(H,55,62)(H,56,63)/t34-,35+,42-,43+,45-,46-,47+/m0/s1. The molecule has 2 aliphatic carbocycles. The van der Waals surface area contributed by atoms with Gasteiger partial charge in [-0.05, 0) is 79.2 Å². The molecule has 2 fully saturated rings. The van der Waals surface area contributed by atoms with Crippen molar-refractivity contribution in [1.29, 1.82) is 0 Å². The minimum Gasteiger partial charge on any atom is -0.449 e. The fourth-order valence-corrected chi connectivity index (χ4v) is 10.2. The minimum absolute atomic E-state index is 0.00598. The topological polar surface area (TPSA) is 156 Å². The first-order chi connectivity index (χ1) is 31.5. The average Bonchev–Trinajstić information content (AvgIpc) is 3.83. The molecule has 6 rings (SSSR count). The molecule has 7 atom stereocenters. The van der Waals surface area contributed by atoms with Gasteiger partial charge in [-0.15, -0.1) is 0 Å². The third-order valence-corrected chi connectivity index (χ3v) is 14.6. The summed E-state index contributed by atoms with van der Waals surface area (Å²) in [6.45, 7) is 14.0. The first-order valence-corrected chi connectivity index (χ1v) is 23.9. The van der Waals surface area contributed by atoms with E-state index in [0.29, 0.717) is 25.9 Å². The van der Waals surface area contributed by atoms with Crippen LogP contribution in [0.15, 0.2) is 78.9 Å². The van der Waals surface area contributed by atoms with Gasteiger partial charge >= 0.3 is 6.09 Å². The molecule has 66 heavy (non-hydrogen) atoms. The highest BCUT2D eigenvalue weighted by Crippen LogP contribution is 2.48. The molecule has 0 spiro atoms. The first kappa shape index (κ1) is 50.1. The Morgan fingerprint density at radius 2 is 1.47 bits per heavy atom. The third-order valence-electron chi connectivity index (χ3n) is 14.6. The Bertz CT molecular complexity index is 2130. The van der Waals surface area contributed by atoms with E-state index in [9.17, 15) is 24.0 Å². The van der Waals surface area contributed by atoms with Crippen LogP contribution in [0.4, 0.5) is 4.79 Å². The number of nitrogens with zero attached hydrogens (tertiary/aromatic N) is 2. The second-order valence-electron chi connectivity index (χ2n) is 19.7. The fraction of sp³-hybridized carbons (Fsp3) is 0.566. The Morgan fingerprint density at radius 3 is 2.03 bits per heavy atom. The molecule has 358 valence electrons. The van der Waals surface area contributed by atoms with Crippen LogP contribution in [-0.4, -0.2) is 116 Å². The van der Waals surface area contributed by atoms with Crippen LogP contribution < -0.4 is 16.0 Å². The first-order valence-electron chi connectivity index (χ1n) is 23.9. The van der Waals surface area contributed by atoms with E-state index in [-0.39, 0.29) is 60.0 Å². The lowest BCUT2D eigenvalue weighted by Crippen LogP contribution is -2.62. The second-order valence-corrected chi connectivity index (χ2v) is 19.7. The monoisotopic (exact) mass is 908 g/mol. The van der Waals surface area contributed by atoms with E-state index < -0.39 is 47.7 Å². The quantitative estimate of drug-likeness (QED) is 0.101. The highest BCUT2D eigenvalue weighted by atomic mass is 16.5. The van der Waals surface area contributed by atoms with E-state index >= 15 is 0 Å². The lowest BCUT2D eigenvalue weighted by Gasteiger charge is -2.41. The van der Waals surface area contributed by atoms with Gasteiger partial charge in [0.2, 0.25) is 23.6 Å². The Labute approximate surface area is 392 Å². The van der Waals surface area contributed by atoms with Crippen LogP contribution in [0.1, 0.15) is 110 Å². The zero-order valence-electron chi connectivity index (χ0n) is 40.7. The summed E-state index contributed by atoms with van der Waals surface area (Å²) >= 11 is 0. The molecule has 0 unspecified atom stereocenters. The number of hydrogen-bond donors (Lipinski definition) is 3. The van der Waals surface area contributed by atoms with Crippen LogP contribution >= 0.6 is 0 Å². The number of alkyl carbamates (subject to hydrolysis) is 1. The number of likely N-dealkylation sites (tertiary alicyclic amines) is 1. The van der Waals surface area contributed by atoms with Gasteiger partial charge in [-0.1, -0.05) is 120 Å². The van der Waals surface area contributed by atoms with E-state index in [1.54, 1.807) is 40.0 Å². The Kier molecular flexibility index (Phi) is 16.4. The number of benzene rings is 3. The molecule has 1 saturated heterocycles. The third kappa shape index (κ3) is 10.9. The highest BCUT2D eigenvalue weighted by Gasteiger charge is 2.46. The van der Waals surface area contributed by atoms with Crippen molar-refractivity contribution in [3.05, 3.63) is 95.6 Å². The van der Waals surface area contributed by atoms with Crippen molar-refractivity contribution in [2.24, 2.45) is 17.8 Å². The van der Waals surface area contributed by atoms with Crippen molar-refractivity contribution in [3.63, 3.8) is 0 Å². The number of ether oxygens (including phenoxy) is 3.